The number of H-pyrrole nitrogens is 1. The molecule has 31 heavy (non-hydrogen) atoms. The van der Waals surface area contributed by atoms with Crippen molar-refractivity contribution in [1.29, 1.82) is 5.26 Å². The zero-order valence-corrected chi connectivity index (χ0v) is 18.6. The van der Waals surface area contributed by atoms with Crippen LogP contribution in [-0.4, -0.2) is 34.1 Å². The highest BCUT2D eigenvalue weighted by Gasteiger charge is 2.33. The van der Waals surface area contributed by atoms with E-state index in [1.807, 2.05) is 42.2 Å². The maximum Gasteiger partial charge on any atom is 0.254 e. The summed E-state index contributed by atoms with van der Waals surface area (Å²) in [5.74, 6) is 0.401. The molecule has 158 valence electrons. The third kappa shape index (κ3) is 3.86. The highest BCUT2D eigenvalue weighted by molar-refractivity contribution is 5.98. The quantitative estimate of drug-likeness (QED) is 0.636. The monoisotopic (exact) mass is 412 g/mol. The third-order valence-electron chi connectivity index (χ3n) is 6.35. The van der Waals surface area contributed by atoms with Crippen molar-refractivity contribution in [2.45, 2.75) is 46.5 Å². The Kier molecular flexibility index (Phi) is 5.65. The molecule has 2 aromatic carbocycles. The predicted octanol–water partition coefficient (Wildman–Crippen LogP) is 5.07. The van der Waals surface area contributed by atoms with E-state index in [1.54, 1.807) is 0 Å². The van der Waals surface area contributed by atoms with Gasteiger partial charge in [0.15, 0.2) is 0 Å². The van der Waals surface area contributed by atoms with Crippen molar-refractivity contribution in [3.8, 4) is 17.3 Å². The number of hydrogen-bond donors (Lipinski definition) is 1. The van der Waals surface area contributed by atoms with E-state index in [4.69, 9.17) is 5.26 Å². The van der Waals surface area contributed by atoms with Crippen LogP contribution in [0.25, 0.3) is 11.3 Å². The normalized spacial score (nSPS) is 13.7. The molecule has 0 spiro atoms. The molecular weight excluding hydrogens is 384 g/mol. The molecule has 1 aliphatic rings. The van der Waals surface area contributed by atoms with Gasteiger partial charge in [0.25, 0.3) is 5.91 Å². The summed E-state index contributed by atoms with van der Waals surface area (Å²) >= 11 is 0. The molecule has 1 fully saturated rings. The van der Waals surface area contributed by atoms with Crippen LogP contribution in [0.1, 0.15) is 63.1 Å². The van der Waals surface area contributed by atoms with Crippen LogP contribution in [0, 0.1) is 32.1 Å². The lowest BCUT2D eigenvalue weighted by Crippen LogP contribution is -2.48. The minimum absolute atomic E-state index is 0.0746. The van der Waals surface area contributed by atoms with E-state index in [1.165, 1.54) is 11.3 Å². The third-order valence-corrected chi connectivity index (χ3v) is 6.35. The Morgan fingerprint density at radius 2 is 1.87 bits per heavy atom. The number of likely N-dealkylation sites (tertiary alicyclic amines) is 1. The molecule has 1 aromatic heterocycles. The van der Waals surface area contributed by atoms with Gasteiger partial charge in [0.2, 0.25) is 0 Å². The fraction of sp³-hybridized carbons (Fsp3) is 0.346. The second-order valence-electron chi connectivity index (χ2n) is 8.55. The highest BCUT2D eigenvalue weighted by Crippen LogP contribution is 2.33. The Labute approximate surface area is 183 Å². The Morgan fingerprint density at radius 1 is 1.16 bits per heavy atom. The Balaban J connectivity index is 1.55. The maximum atomic E-state index is 13.3. The number of aromatic nitrogens is 2. The number of carbonyl (C=O) groups excluding carboxylic acids is 1. The standard InChI is InChI=1S/C26H28N4O/c1-5-6-24-18(4)25(29-28-24)22-12-23(17(3)11-16(22)2)26(31)30-14-21(15-30)20-9-7-19(13-27)8-10-20/h7-12,21H,5-6,14-15H2,1-4H3,(H,28,29). The second-order valence-corrected chi connectivity index (χ2v) is 8.55. The molecule has 0 unspecified atom stereocenters. The number of rotatable bonds is 5. The largest absolute Gasteiger partial charge is 0.337 e. The van der Waals surface area contributed by atoms with Gasteiger partial charge in [-0.05, 0) is 67.6 Å². The molecule has 3 aromatic rings. The Bertz CT molecular complexity index is 1160. The predicted molar refractivity (Wildman–Crippen MR) is 122 cm³/mol. The van der Waals surface area contributed by atoms with Crippen LogP contribution >= 0.6 is 0 Å². The zero-order valence-electron chi connectivity index (χ0n) is 18.6. The number of nitrogens with one attached hydrogen (secondary N) is 1. The van der Waals surface area contributed by atoms with Crippen molar-refractivity contribution < 1.29 is 4.79 Å². The first kappa shape index (κ1) is 20.9. The van der Waals surface area contributed by atoms with Gasteiger partial charge in [-0.2, -0.15) is 10.4 Å². The molecule has 0 aliphatic carbocycles. The van der Waals surface area contributed by atoms with E-state index in [0.717, 1.165) is 46.4 Å². The van der Waals surface area contributed by atoms with E-state index in [2.05, 4.69) is 43.1 Å². The van der Waals surface area contributed by atoms with Gasteiger partial charge in [-0.15, -0.1) is 0 Å². The minimum Gasteiger partial charge on any atom is -0.337 e. The molecule has 4 rings (SSSR count). The molecular formula is C26H28N4O. The summed E-state index contributed by atoms with van der Waals surface area (Å²) in [7, 11) is 0. The minimum atomic E-state index is 0.0746. The molecule has 5 heteroatoms. The van der Waals surface area contributed by atoms with Crippen molar-refractivity contribution in [2.75, 3.05) is 13.1 Å². The molecule has 0 bridgehead atoms. The molecule has 2 heterocycles. The summed E-state index contributed by atoms with van der Waals surface area (Å²) in [4.78, 5) is 15.2. The van der Waals surface area contributed by atoms with Crippen LogP contribution in [0.3, 0.4) is 0 Å². The number of aromatic amines is 1. The van der Waals surface area contributed by atoms with Gasteiger partial charge in [-0.3, -0.25) is 9.89 Å². The lowest BCUT2D eigenvalue weighted by Gasteiger charge is -2.40. The summed E-state index contributed by atoms with van der Waals surface area (Å²) < 4.78 is 0. The number of nitrogens with zero attached hydrogens (tertiary/aromatic N) is 3. The molecule has 1 N–H and O–H groups in total. The van der Waals surface area contributed by atoms with Crippen molar-refractivity contribution >= 4 is 5.91 Å². The van der Waals surface area contributed by atoms with Gasteiger partial charge in [0.1, 0.15) is 0 Å². The average Bonchev–Trinajstić information content (AvgIpc) is 3.08. The molecule has 0 saturated carbocycles. The smallest absolute Gasteiger partial charge is 0.254 e. The van der Waals surface area contributed by atoms with Crippen LogP contribution in [0.4, 0.5) is 0 Å². The van der Waals surface area contributed by atoms with Crippen LogP contribution in [-0.2, 0) is 6.42 Å². The number of amides is 1. The Morgan fingerprint density at radius 3 is 2.52 bits per heavy atom. The first-order chi connectivity index (χ1) is 14.9. The lowest BCUT2D eigenvalue weighted by molar-refractivity contribution is 0.0601. The second kappa shape index (κ2) is 8.39. The first-order valence-corrected chi connectivity index (χ1v) is 10.9. The van der Waals surface area contributed by atoms with Crippen molar-refractivity contribution in [1.82, 2.24) is 15.1 Å². The number of hydrogen-bond acceptors (Lipinski definition) is 3. The van der Waals surface area contributed by atoms with E-state index >= 15 is 0 Å². The molecule has 5 nitrogen and oxygen atoms in total. The number of nitriles is 1. The Hall–Kier alpha value is -3.39. The van der Waals surface area contributed by atoms with Crippen LogP contribution in [0.5, 0.6) is 0 Å². The van der Waals surface area contributed by atoms with Gasteiger partial charge in [-0.1, -0.05) is 31.5 Å². The summed E-state index contributed by atoms with van der Waals surface area (Å²) in [6, 6.07) is 13.9. The van der Waals surface area contributed by atoms with Gasteiger partial charge >= 0.3 is 0 Å². The number of carbonyl (C=O) groups is 1. The fourth-order valence-corrected chi connectivity index (χ4v) is 4.38. The summed E-state index contributed by atoms with van der Waals surface area (Å²) in [5.41, 5.74) is 9.01. The molecule has 0 radical (unpaired) electrons. The highest BCUT2D eigenvalue weighted by atomic mass is 16.2. The van der Waals surface area contributed by atoms with Crippen molar-refractivity contribution in [3.63, 3.8) is 0 Å². The van der Waals surface area contributed by atoms with E-state index in [-0.39, 0.29) is 5.91 Å². The zero-order chi connectivity index (χ0) is 22.1. The summed E-state index contributed by atoms with van der Waals surface area (Å²) in [6.45, 7) is 9.75. The molecule has 1 saturated heterocycles. The van der Waals surface area contributed by atoms with E-state index in [0.29, 0.717) is 24.6 Å². The maximum absolute atomic E-state index is 13.3. The average molecular weight is 413 g/mol. The van der Waals surface area contributed by atoms with Crippen molar-refractivity contribution in [3.05, 3.63) is 75.5 Å². The summed E-state index contributed by atoms with van der Waals surface area (Å²) in [5, 5.41) is 16.7. The molecule has 1 aliphatic heterocycles. The lowest BCUT2D eigenvalue weighted by atomic mass is 9.89. The first-order valence-electron chi connectivity index (χ1n) is 10.9. The SMILES string of the molecule is CCCc1[nH]nc(-c2cc(C(=O)N3CC(c4ccc(C#N)cc4)C3)c(C)cc2C)c1C. The van der Waals surface area contributed by atoms with Crippen molar-refractivity contribution in [2.24, 2.45) is 0 Å². The van der Waals surface area contributed by atoms with Gasteiger partial charge < -0.3 is 4.90 Å². The molecule has 0 atom stereocenters. The van der Waals surface area contributed by atoms with Gasteiger partial charge in [-0.25, -0.2) is 0 Å². The van der Waals surface area contributed by atoms with E-state index in [9.17, 15) is 4.79 Å². The van der Waals surface area contributed by atoms with E-state index < -0.39 is 0 Å². The summed E-state index contributed by atoms with van der Waals surface area (Å²) in [6.07, 6.45) is 2.04. The number of aryl methyl sites for hydroxylation is 3. The van der Waals surface area contributed by atoms with Crippen LogP contribution in [0.2, 0.25) is 0 Å². The fourth-order valence-electron chi connectivity index (χ4n) is 4.38. The number of benzene rings is 2. The van der Waals surface area contributed by atoms with Crippen LogP contribution in [0.15, 0.2) is 36.4 Å². The topological polar surface area (TPSA) is 72.8 Å². The molecule has 1 amide bonds. The van der Waals surface area contributed by atoms with Crippen LogP contribution < -0.4 is 0 Å². The van der Waals surface area contributed by atoms with Gasteiger partial charge in [0, 0.05) is 35.8 Å². The van der Waals surface area contributed by atoms with Gasteiger partial charge in [0.05, 0.1) is 17.3 Å².